The number of nitrogens with zero attached hydrogens (tertiary/aromatic N) is 2. The lowest BCUT2D eigenvalue weighted by molar-refractivity contribution is -0.118. The van der Waals surface area contributed by atoms with Crippen molar-refractivity contribution in [2.45, 2.75) is 50.2 Å². The van der Waals surface area contributed by atoms with E-state index in [0.717, 1.165) is 70.8 Å². The SMILES string of the molecule is COc1ccc2c(c1)[C@]1(C[C@H]1c1ccc3c(/C=C/c4ccc(CN5[C@H](C)CNC[C@@H]5C)cc4)n[nH]c3c1)C(=O)N2. The lowest BCUT2D eigenvalue weighted by Gasteiger charge is -2.39. The van der Waals surface area contributed by atoms with Gasteiger partial charge in [0.05, 0.1) is 23.7 Å². The number of amides is 1. The van der Waals surface area contributed by atoms with Gasteiger partial charge in [-0.1, -0.05) is 42.5 Å². The highest BCUT2D eigenvalue weighted by Gasteiger charge is 2.65. The number of fused-ring (bicyclic) bond motifs is 3. The molecule has 0 bridgehead atoms. The van der Waals surface area contributed by atoms with Crippen molar-refractivity contribution in [3.63, 3.8) is 0 Å². The Hall–Kier alpha value is -3.94. The number of aromatic nitrogens is 2. The smallest absolute Gasteiger partial charge is 0.235 e. The number of H-pyrrole nitrogens is 1. The number of carbonyl (C=O) groups excluding carboxylic acids is 1. The van der Waals surface area contributed by atoms with E-state index in [1.54, 1.807) is 7.11 Å². The Morgan fingerprint density at radius 3 is 2.60 bits per heavy atom. The molecule has 0 unspecified atom stereocenters. The van der Waals surface area contributed by atoms with Crippen LogP contribution in [0.3, 0.4) is 0 Å². The van der Waals surface area contributed by atoms with Crippen LogP contribution in [0.1, 0.15) is 54.1 Å². The normalized spacial score (nSPS) is 26.0. The second-order valence-electron chi connectivity index (χ2n) is 11.6. The van der Waals surface area contributed by atoms with E-state index in [2.05, 4.69) is 94.2 Å². The van der Waals surface area contributed by atoms with Crippen molar-refractivity contribution >= 4 is 34.6 Å². The van der Waals surface area contributed by atoms with E-state index in [4.69, 9.17) is 4.74 Å². The fourth-order valence-corrected chi connectivity index (χ4v) is 6.70. The highest BCUT2D eigenvalue weighted by Crippen LogP contribution is 2.65. The second-order valence-corrected chi connectivity index (χ2v) is 11.6. The van der Waals surface area contributed by atoms with Crippen LogP contribution in [-0.2, 0) is 16.8 Å². The molecule has 1 amide bonds. The van der Waals surface area contributed by atoms with Gasteiger partial charge in [0.15, 0.2) is 0 Å². The number of ether oxygens (including phenoxy) is 1. The summed E-state index contributed by atoms with van der Waals surface area (Å²) < 4.78 is 5.43. The van der Waals surface area contributed by atoms with E-state index in [1.165, 1.54) is 5.56 Å². The van der Waals surface area contributed by atoms with Gasteiger partial charge in [0.1, 0.15) is 5.75 Å². The average molecular weight is 534 g/mol. The fourth-order valence-electron chi connectivity index (χ4n) is 6.70. The molecule has 1 saturated heterocycles. The molecule has 40 heavy (non-hydrogen) atoms. The molecular weight excluding hydrogens is 498 g/mol. The largest absolute Gasteiger partial charge is 0.497 e. The van der Waals surface area contributed by atoms with Crippen LogP contribution in [0, 0.1) is 0 Å². The van der Waals surface area contributed by atoms with E-state index in [0.29, 0.717) is 12.1 Å². The predicted molar refractivity (Wildman–Crippen MR) is 159 cm³/mol. The van der Waals surface area contributed by atoms with Crippen LogP contribution in [0.15, 0.2) is 60.7 Å². The molecular formula is C33H35N5O2. The number of rotatable bonds is 6. The third kappa shape index (κ3) is 4.12. The lowest BCUT2D eigenvalue weighted by atomic mass is 9.91. The maximum Gasteiger partial charge on any atom is 0.235 e. The number of aromatic amines is 1. The summed E-state index contributed by atoms with van der Waals surface area (Å²) >= 11 is 0. The van der Waals surface area contributed by atoms with Crippen molar-refractivity contribution in [1.82, 2.24) is 20.4 Å². The highest BCUT2D eigenvalue weighted by atomic mass is 16.5. The molecule has 1 saturated carbocycles. The molecule has 204 valence electrons. The van der Waals surface area contributed by atoms with E-state index in [-0.39, 0.29) is 11.8 Å². The van der Waals surface area contributed by atoms with Crippen LogP contribution >= 0.6 is 0 Å². The molecule has 7 heteroatoms. The first-order valence-corrected chi connectivity index (χ1v) is 14.2. The first-order chi connectivity index (χ1) is 19.5. The molecule has 4 aromatic rings. The number of benzene rings is 3. The van der Waals surface area contributed by atoms with Crippen LogP contribution in [0.5, 0.6) is 5.75 Å². The zero-order valence-corrected chi connectivity index (χ0v) is 23.2. The van der Waals surface area contributed by atoms with E-state index in [9.17, 15) is 4.79 Å². The van der Waals surface area contributed by atoms with Crippen molar-refractivity contribution in [3.05, 3.63) is 88.6 Å². The zero-order valence-electron chi connectivity index (χ0n) is 23.2. The quantitative estimate of drug-likeness (QED) is 0.313. The van der Waals surface area contributed by atoms with Gasteiger partial charge in [-0.05, 0) is 72.9 Å². The third-order valence-corrected chi connectivity index (χ3v) is 9.13. The summed E-state index contributed by atoms with van der Waals surface area (Å²) in [5, 5.41) is 15.4. The molecule has 7 rings (SSSR count). The fraction of sp³-hybridized carbons (Fsp3) is 0.333. The van der Waals surface area contributed by atoms with E-state index < -0.39 is 5.41 Å². The Morgan fingerprint density at radius 1 is 1.02 bits per heavy atom. The number of methoxy groups -OCH3 is 1. The maximum atomic E-state index is 13.0. The number of carbonyl (C=O) groups is 1. The van der Waals surface area contributed by atoms with Gasteiger partial charge in [-0.3, -0.25) is 14.8 Å². The van der Waals surface area contributed by atoms with Crippen molar-refractivity contribution in [3.8, 4) is 5.75 Å². The molecule has 1 spiro atoms. The summed E-state index contributed by atoms with van der Waals surface area (Å²) in [6, 6.07) is 22.2. The predicted octanol–water partition coefficient (Wildman–Crippen LogP) is 5.30. The summed E-state index contributed by atoms with van der Waals surface area (Å²) in [6.07, 6.45) is 4.99. The third-order valence-electron chi connectivity index (χ3n) is 9.13. The van der Waals surface area contributed by atoms with Crippen molar-refractivity contribution in [2.24, 2.45) is 0 Å². The molecule has 3 heterocycles. The number of hydrogen-bond donors (Lipinski definition) is 3. The lowest BCUT2D eigenvalue weighted by Crippen LogP contribution is -2.54. The first kappa shape index (κ1) is 25.1. The standard InChI is InChI=1S/C33H35N5O2/c1-20-17-34-18-21(2)38(20)19-23-6-4-22(5-7-23)8-12-29-26-11-9-24(14-31(26)37-36-29)28-16-33(28)27-15-25(40-3)10-13-30(27)35-32(33)39/h4-15,20-21,28,34H,16-19H2,1-3H3,(H,35,39)(H,36,37)/b12-8+/t20-,21+,28-,33-/m0/s1. The minimum Gasteiger partial charge on any atom is -0.497 e. The summed E-state index contributed by atoms with van der Waals surface area (Å²) in [5.74, 6) is 0.995. The van der Waals surface area contributed by atoms with Crippen LogP contribution in [-0.4, -0.2) is 53.3 Å². The van der Waals surface area contributed by atoms with Crippen LogP contribution < -0.4 is 15.4 Å². The van der Waals surface area contributed by atoms with Crippen LogP contribution in [0.4, 0.5) is 5.69 Å². The molecule has 1 aromatic heterocycles. The minimum atomic E-state index is -0.507. The van der Waals surface area contributed by atoms with Crippen molar-refractivity contribution in [1.29, 1.82) is 0 Å². The molecule has 2 aliphatic heterocycles. The average Bonchev–Trinajstić information content (AvgIpc) is 3.51. The van der Waals surface area contributed by atoms with Crippen LogP contribution in [0.2, 0.25) is 0 Å². The molecule has 4 atom stereocenters. The molecule has 0 radical (unpaired) electrons. The topological polar surface area (TPSA) is 82.3 Å². The molecule has 7 nitrogen and oxygen atoms in total. The summed E-state index contributed by atoms with van der Waals surface area (Å²) in [5.41, 5.74) is 6.97. The second kappa shape index (κ2) is 9.61. The van der Waals surface area contributed by atoms with Gasteiger partial charge >= 0.3 is 0 Å². The van der Waals surface area contributed by atoms with Crippen molar-refractivity contribution < 1.29 is 9.53 Å². The van der Waals surface area contributed by atoms with Crippen molar-refractivity contribution in [2.75, 3.05) is 25.5 Å². The highest BCUT2D eigenvalue weighted by molar-refractivity contribution is 6.10. The van der Waals surface area contributed by atoms with Gasteiger partial charge in [-0.25, -0.2) is 0 Å². The number of nitrogens with one attached hydrogen (secondary N) is 3. The van der Waals surface area contributed by atoms with E-state index in [1.807, 2.05) is 18.2 Å². The number of piperazine rings is 1. The first-order valence-electron chi connectivity index (χ1n) is 14.2. The number of anilines is 1. The Kier molecular flexibility index (Phi) is 6.02. The number of hydrogen-bond acceptors (Lipinski definition) is 5. The van der Waals surface area contributed by atoms with Crippen LogP contribution in [0.25, 0.3) is 23.1 Å². The maximum absolute atomic E-state index is 13.0. The minimum absolute atomic E-state index is 0.0806. The van der Waals surface area contributed by atoms with Gasteiger partial charge in [-0.15, -0.1) is 0 Å². The molecule has 2 fully saturated rings. The molecule has 1 aliphatic carbocycles. The Labute approximate surface area is 234 Å². The van der Waals surface area contributed by atoms with Gasteiger partial charge < -0.3 is 15.4 Å². The van der Waals surface area contributed by atoms with Gasteiger partial charge in [0, 0.05) is 48.7 Å². The van der Waals surface area contributed by atoms with Gasteiger partial charge in [-0.2, -0.15) is 5.10 Å². The Balaban J connectivity index is 1.07. The Bertz CT molecular complexity index is 1610. The monoisotopic (exact) mass is 533 g/mol. The zero-order chi connectivity index (χ0) is 27.4. The van der Waals surface area contributed by atoms with Gasteiger partial charge in [0.2, 0.25) is 5.91 Å². The Morgan fingerprint density at radius 2 is 1.82 bits per heavy atom. The van der Waals surface area contributed by atoms with E-state index >= 15 is 0 Å². The van der Waals surface area contributed by atoms with Gasteiger partial charge in [0.25, 0.3) is 0 Å². The molecule has 3 N–H and O–H groups in total. The molecule has 3 aromatic carbocycles. The summed E-state index contributed by atoms with van der Waals surface area (Å²) in [7, 11) is 1.66. The molecule has 3 aliphatic rings. The summed E-state index contributed by atoms with van der Waals surface area (Å²) in [4.78, 5) is 15.6. The summed E-state index contributed by atoms with van der Waals surface area (Å²) in [6.45, 7) is 7.65.